The first-order valence-electron chi connectivity index (χ1n) is 8.95. The standard InChI is InChI=1S/C20H25N3O2S/c1-22(13-16-9-12-26-15-16)14-19(24)23-10-7-17(8-11-23)20(25)21-18-5-3-2-4-6-18/h2-6,9,12,15,17H,7-8,10-11,13-14H2,1H3,(H,21,25). The zero-order valence-corrected chi connectivity index (χ0v) is 15.9. The Hall–Kier alpha value is -2.18. The molecule has 0 radical (unpaired) electrons. The lowest BCUT2D eigenvalue weighted by molar-refractivity contribution is -0.135. The van der Waals surface area contributed by atoms with Gasteiger partial charge in [0.2, 0.25) is 11.8 Å². The number of thiophene rings is 1. The van der Waals surface area contributed by atoms with Crippen LogP contribution in [0.2, 0.25) is 0 Å². The van der Waals surface area contributed by atoms with E-state index in [1.807, 2.05) is 47.2 Å². The van der Waals surface area contributed by atoms with Crippen LogP contribution >= 0.6 is 11.3 Å². The van der Waals surface area contributed by atoms with Gasteiger partial charge in [0.25, 0.3) is 0 Å². The topological polar surface area (TPSA) is 52.7 Å². The summed E-state index contributed by atoms with van der Waals surface area (Å²) >= 11 is 1.67. The largest absolute Gasteiger partial charge is 0.342 e. The van der Waals surface area contributed by atoms with Crippen LogP contribution in [0.15, 0.2) is 47.2 Å². The van der Waals surface area contributed by atoms with Crippen LogP contribution in [0.1, 0.15) is 18.4 Å². The third-order valence-corrected chi connectivity index (χ3v) is 5.43. The Bertz CT molecular complexity index is 710. The molecule has 1 aromatic carbocycles. The molecule has 1 aliphatic heterocycles. The van der Waals surface area contributed by atoms with Gasteiger partial charge in [-0.3, -0.25) is 14.5 Å². The number of hydrogen-bond acceptors (Lipinski definition) is 4. The van der Waals surface area contributed by atoms with Gasteiger partial charge >= 0.3 is 0 Å². The van der Waals surface area contributed by atoms with Crippen molar-refractivity contribution in [3.63, 3.8) is 0 Å². The van der Waals surface area contributed by atoms with Gasteiger partial charge in [-0.15, -0.1) is 0 Å². The number of likely N-dealkylation sites (N-methyl/N-ethyl adjacent to an activating group) is 1. The predicted octanol–water partition coefficient (Wildman–Crippen LogP) is 3.06. The average molecular weight is 372 g/mol. The number of rotatable bonds is 6. The van der Waals surface area contributed by atoms with Gasteiger partial charge < -0.3 is 10.2 Å². The molecule has 2 amide bonds. The summed E-state index contributed by atoms with van der Waals surface area (Å²) < 4.78 is 0. The number of piperidine rings is 1. The highest BCUT2D eigenvalue weighted by atomic mass is 32.1. The van der Waals surface area contributed by atoms with E-state index in [-0.39, 0.29) is 17.7 Å². The van der Waals surface area contributed by atoms with Crippen molar-refractivity contribution in [2.45, 2.75) is 19.4 Å². The highest BCUT2D eigenvalue weighted by Crippen LogP contribution is 2.20. The molecule has 0 unspecified atom stereocenters. The number of amides is 2. The molecule has 1 N–H and O–H groups in total. The van der Waals surface area contributed by atoms with Gasteiger partial charge in [-0.2, -0.15) is 11.3 Å². The zero-order valence-electron chi connectivity index (χ0n) is 15.1. The normalized spacial score (nSPS) is 15.2. The Labute approximate surface area is 158 Å². The first-order chi connectivity index (χ1) is 12.6. The number of nitrogens with zero attached hydrogens (tertiary/aromatic N) is 2. The Balaban J connectivity index is 1.42. The van der Waals surface area contributed by atoms with Crippen LogP contribution in [0.4, 0.5) is 5.69 Å². The lowest BCUT2D eigenvalue weighted by Crippen LogP contribution is -2.45. The fourth-order valence-corrected chi connectivity index (χ4v) is 3.90. The molecule has 3 rings (SSSR count). The summed E-state index contributed by atoms with van der Waals surface area (Å²) in [5.74, 6) is 0.172. The Kier molecular flexibility index (Phi) is 6.41. The van der Waals surface area contributed by atoms with Crippen molar-refractivity contribution in [1.82, 2.24) is 9.80 Å². The highest BCUT2D eigenvalue weighted by molar-refractivity contribution is 7.07. The number of carbonyl (C=O) groups is 2. The molecule has 1 fully saturated rings. The van der Waals surface area contributed by atoms with Crippen molar-refractivity contribution in [2.24, 2.45) is 5.92 Å². The monoisotopic (exact) mass is 371 g/mol. The molecule has 1 aliphatic rings. The lowest BCUT2D eigenvalue weighted by atomic mass is 9.95. The van der Waals surface area contributed by atoms with Crippen molar-refractivity contribution in [1.29, 1.82) is 0 Å². The van der Waals surface area contributed by atoms with Crippen molar-refractivity contribution < 1.29 is 9.59 Å². The molecular weight excluding hydrogens is 346 g/mol. The molecule has 26 heavy (non-hydrogen) atoms. The summed E-state index contributed by atoms with van der Waals surface area (Å²) in [5.41, 5.74) is 2.06. The molecule has 138 valence electrons. The van der Waals surface area contributed by atoms with Crippen LogP contribution in [0, 0.1) is 5.92 Å². The summed E-state index contributed by atoms with van der Waals surface area (Å²) in [5, 5.41) is 7.12. The Morgan fingerprint density at radius 1 is 1.19 bits per heavy atom. The maximum atomic E-state index is 12.5. The molecule has 1 aromatic heterocycles. The van der Waals surface area contributed by atoms with Crippen LogP contribution in [0.25, 0.3) is 0 Å². The maximum Gasteiger partial charge on any atom is 0.236 e. The van der Waals surface area contributed by atoms with E-state index in [2.05, 4.69) is 22.1 Å². The van der Waals surface area contributed by atoms with Crippen LogP contribution < -0.4 is 5.32 Å². The van der Waals surface area contributed by atoms with E-state index in [1.54, 1.807) is 11.3 Å². The molecule has 0 bridgehead atoms. The minimum atomic E-state index is -0.0252. The second-order valence-corrected chi connectivity index (χ2v) is 7.59. The number of para-hydroxylation sites is 1. The van der Waals surface area contributed by atoms with Crippen molar-refractivity contribution in [2.75, 3.05) is 32.0 Å². The smallest absolute Gasteiger partial charge is 0.236 e. The van der Waals surface area contributed by atoms with Gasteiger partial charge in [-0.05, 0) is 54.4 Å². The average Bonchev–Trinajstić information content (AvgIpc) is 3.15. The van der Waals surface area contributed by atoms with E-state index in [0.29, 0.717) is 19.6 Å². The fraction of sp³-hybridized carbons (Fsp3) is 0.400. The number of nitrogens with one attached hydrogen (secondary N) is 1. The van der Waals surface area contributed by atoms with Gasteiger partial charge in [-0.1, -0.05) is 18.2 Å². The van der Waals surface area contributed by atoms with Crippen LogP contribution in [0.5, 0.6) is 0 Å². The number of anilines is 1. The van der Waals surface area contributed by atoms with E-state index in [0.717, 1.165) is 25.1 Å². The molecule has 0 saturated carbocycles. The second kappa shape index (κ2) is 8.96. The van der Waals surface area contributed by atoms with E-state index < -0.39 is 0 Å². The summed E-state index contributed by atoms with van der Waals surface area (Å²) in [6, 6.07) is 11.6. The number of hydrogen-bond donors (Lipinski definition) is 1. The van der Waals surface area contributed by atoms with Gasteiger partial charge in [-0.25, -0.2) is 0 Å². The molecule has 6 heteroatoms. The minimum absolute atomic E-state index is 0.0252. The molecule has 0 aliphatic carbocycles. The first kappa shape index (κ1) is 18.6. The number of likely N-dealkylation sites (tertiary alicyclic amines) is 1. The molecule has 5 nitrogen and oxygen atoms in total. The van der Waals surface area contributed by atoms with E-state index in [4.69, 9.17) is 0 Å². The van der Waals surface area contributed by atoms with Gasteiger partial charge in [0.1, 0.15) is 0 Å². The highest BCUT2D eigenvalue weighted by Gasteiger charge is 2.27. The van der Waals surface area contributed by atoms with Crippen molar-refractivity contribution >= 4 is 28.8 Å². The molecule has 2 heterocycles. The maximum absolute atomic E-state index is 12.5. The first-order valence-corrected chi connectivity index (χ1v) is 9.89. The van der Waals surface area contributed by atoms with E-state index in [9.17, 15) is 9.59 Å². The van der Waals surface area contributed by atoms with E-state index >= 15 is 0 Å². The van der Waals surface area contributed by atoms with Crippen LogP contribution in [0.3, 0.4) is 0 Å². The predicted molar refractivity (Wildman–Crippen MR) is 105 cm³/mol. The molecule has 1 saturated heterocycles. The van der Waals surface area contributed by atoms with Crippen molar-refractivity contribution in [3.05, 3.63) is 52.7 Å². The van der Waals surface area contributed by atoms with Crippen molar-refractivity contribution in [3.8, 4) is 0 Å². The number of carbonyl (C=O) groups excluding carboxylic acids is 2. The zero-order chi connectivity index (χ0) is 18.4. The Morgan fingerprint density at radius 3 is 2.58 bits per heavy atom. The van der Waals surface area contributed by atoms with Crippen LogP contribution in [-0.2, 0) is 16.1 Å². The molecule has 0 atom stereocenters. The lowest BCUT2D eigenvalue weighted by Gasteiger charge is -2.32. The quantitative estimate of drug-likeness (QED) is 0.849. The van der Waals surface area contributed by atoms with Crippen LogP contribution in [-0.4, -0.2) is 48.3 Å². The summed E-state index contributed by atoms with van der Waals surface area (Å²) in [4.78, 5) is 28.8. The molecule has 2 aromatic rings. The van der Waals surface area contributed by atoms with Gasteiger partial charge in [0.15, 0.2) is 0 Å². The third-order valence-electron chi connectivity index (χ3n) is 4.70. The SMILES string of the molecule is CN(CC(=O)N1CCC(C(=O)Nc2ccccc2)CC1)Cc1ccsc1. The van der Waals surface area contributed by atoms with E-state index in [1.165, 1.54) is 5.56 Å². The number of benzene rings is 1. The molecular formula is C20H25N3O2S. The minimum Gasteiger partial charge on any atom is -0.342 e. The summed E-state index contributed by atoms with van der Waals surface area (Å²) in [6.07, 6.45) is 1.44. The summed E-state index contributed by atoms with van der Waals surface area (Å²) in [7, 11) is 1.97. The Morgan fingerprint density at radius 2 is 1.92 bits per heavy atom. The summed E-state index contributed by atoms with van der Waals surface area (Å²) in [6.45, 7) is 2.50. The third kappa shape index (κ3) is 5.16. The van der Waals surface area contributed by atoms with Gasteiger partial charge in [0.05, 0.1) is 6.54 Å². The second-order valence-electron chi connectivity index (χ2n) is 6.81. The van der Waals surface area contributed by atoms with Gasteiger partial charge in [0, 0.05) is 31.2 Å². The molecule has 0 spiro atoms. The fourth-order valence-electron chi connectivity index (χ4n) is 3.24.